The van der Waals surface area contributed by atoms with Gasteiger partial charge in [0.25, 0.3) is 0 Å². The molecule has 0 saturated heterocycles. The van der Waals surface area contributed by atoms with Crippen LogP contribution in [0.4, 0.5) is 0 Å². The van der Waals surface area contributed by atoms with Crippen LogP contribution in [0.25, 0.3) is 0 Å². The number of imidazole rings is 1. The van der Waals surface area contributed by atoms with E-state index in [1.165, 1.54) is 13.2 Å². The van der Waals surface area contributed by atoms with Crippen molar-refractivity contribution in [3.63, 3.8) is 0 Å². The van der Waals surface area contributed by atoms with Crippen molar-refractivity contribution in [2.75, 3.05) is 7.11 Å². The number of ether oxygens (including phenoxy) is 1. The van der Waals surface area contributed by atoms with Gasteiger partial charge in [0, 0.05) is 18.9 Å². The van der Waals surface area contributed by atoms with Gasteiger partial charge in [0.1, 0.15) is 16.5 Å². The fraction of sp³-hybridized carbons (Fsp3) is 0.308. The summed E-state index contributed by atoms with van der Waals surface area (Å²) >= 11 is 0. The molecule has 1 heterocycles. The molecule has 0 aliphatic rings. The first kappa shape index (κ1) is 15.5. The molecule has 0 saturated carbocycles. The van der Waals surface area contributed by atoms with E-state index in [4.69, 9.17) is 10.5 Å². The molecule has 0 radical (unpaired) electrons. The highest BCUT2D eigenvalue weighted by Crippen LogP contribution is 2.26. The third-order valence-electron chi connectivity index (χ3n) is 3.01. The van der Waals surface area contributed by atoms with Crippen molar-refractivity contribution in [1.29, 1.82) is 0 Å². The normalized spacial score (nSPS) is 13.1. The second-order valence-corrected chi connectivity index (χ2v) is 6.19. The molecule has 114 valence electrons. The molecule has 21 heavy (non-hydrogen) atoms. The van der Waals surface area contributed by atoms with Gasteiger partial charge in [0.05, 0.1) is 13.2 Å². The van der Waals surface area contributed by atoms with Gasteiger partial charge in [-0.2, -0.15) is 0 Å². The number of nitrogens with one attached hydrogen (secondary N) is 2. The molecule has 2 aromatic rings. The topological polar surface area (TPSA) is 110 Å². The summed E-state index contributed by atoms with van der Waals surface area (Å²) in [4.78, 5) is 6.97. The summed E-state index contributed by atoms with van der Waals surface area (Å²) in [5.41, 5.74) is 6.27. The fourth-order valence-corrected chi connectivity index (χ4v) is 3.35. The summed E-state index contributed by atoms with van der Waals surface area (Å²) in [6.07, 6.45) is 3.20. The van der Waals surface area contributed by atoms with E-state index in [1.807, 2.05) is 0 Å². The van der Waals surface area contributed by atoms with Gasteiger partial charge < -0.3 is 15.5 Å². The van der Waals surface area contributed by atoms with Crippen LogP contribution in [-0.2, 0) is 16.6 Å². The smallest absolute Gasteiger partial charge is 0.244 e. The zero-order chi connectivity index (χ0) is 15.5. The Kier molecular flexibility index (Phi) is 4.61. The molecule has 1 aromatic heterocycles. The number of hydrogen-bond donors (Lipinski definition) is 3. The summed E-state index contributed by atoms with van der Waals surface area (Å²) < 4.78 is 32.7. The Morgan fingerprint density at radius 3 is 2.81 bits per heavy atom. The van der Waals surface area contributed by atoms with E-state index in [1.54, 1.807) is 31.5 Å². The Hall–Kier alpha value is -1.90. The quantitative estimate of drug-likeness (QED) is 0.735. The minimum Gasteiger partial charge on any atom is -0.495 e. The van der Waals surface area contributed by atoms with Gasteiger partial charge in [-0.3, -0.25) is 0 Å². The maximum Gasteiger partial charge on any atom is 0.244 e. The monoisotopic (exact) mass is 310 g/mol. The number of nitrogens with two attached hydrogens (primary N) is 1. The van der Waals surface area contributed by atoms with Crippen molar-refractivity contribution in [2.24, 2.45) is 5.73 Å². The molecule has 0 fully saturated rings. The largest absolute Gasteiger partial charge is 0.495 e. The number of H-pyrrole nitrogens is 1. The van der Waals surface area contributed by atoms with Gasteiger partial charge in [-0.1, -0.05) is 6.07 Å². The van der Waals surface area contributed by atoms with Crippen molar-refractivity contribution in [2.45, 2.75) is 24.4 Å². The molecule has 0 aliphatic carbocycles. The standard InChI is InChI=1S/C13H18N4O3S/c1-9(13-15-5-6-16-13)17-21(18,19)12-7-10(8-14)3-4-11(12)20-2/h3-7,9,17H,8,14H2,1-2H3,(H,15,16). The number of sulfonamides is 1. The fourth-order valence-electron chi connectivity index (χ4n) is 1.92. The Morgan fingerprint density at radius 2 is 2.24 bits per heavy atom. The molecule has 1 aromatic carbocycles. The molecule has 4 N–H and O–H groups in total. The highest BCUT2D eigenvalue weighted by atomic mass is 32.2. The van der Waals surface area contributed by atoms with E-state index >= 15 is 0 Å². The van der Waals surface area contributed by atoms with Gasteiger partial charge in [-0.25, -0.2) is 18.1 Å². The Morgan fingerprint density at radius 1 is 1.48 bits per heavy atom. The third-order valence-corrected chi connectivity index (χ3v) is 4.58. The van der Waals surface area contributed by atoms with E-state index in [0.717, 1.165) is 0 Å². The zero-order valence-corrected chi connectivity index (χ0v) is 12.6. The first-order valence-corrected chi connectivity index (χ1v) is 7.85. The number of nitrogens with zero attached hydrogens (tertiary/aromatic N) is 1. The summed E-state index contributed by atoms with van der Waals surface area (Å²) in [5.74, 6) is 0.805. The Bertz CT molecular complexity index is 698. The van der Waals surface area contributed by atoms with Crippen molar-refractivity contribution < 1.29 is 13.2 Å². The van der Waals surface area contributed by atoms with Crippen LogP contribution < -0.4 is 15.2 Å². The number of benzene rings is 1. The number of rotatable bonds is 6. The second kappa shape index (κ2) is 6.25. The zero-order valence-electron chi connectivity index (χ0n) is 11.8. The Balaban J connectivity index is 2.34. The molecular weight excluding hydrogens is 292 g/mol. The number of aromatic nitrogens is 2. The summed E-state index contributed by atoms with van der Waals surface area (Å²) in [6, 6.07) is 4.34. The van der Waals surface area contributed by atoms with Crippen LogP contribution in [0.15, 0.2) is 35.5 Å². The lowest BCUT2D eigenvalue weighted by Gasteiger charge is -2.15. The van der Waals surface area contributed by atoms with Gasteiger partial charge in [0.2, 0.25) is 10.0 Å². The van der Waals surface area contributed by atoms with E-state index < -0.39 is 16.1 Å². The van der Waals surface area contributed by atoms with E-state index in [2.05, 4.69) is 14.7 Å². The summed E-state index contributed by atoms with van der Waals surface area (Å²) in [6.45, 7) is 1.95. The summed E-state index contributed by atoms with van der Waals surface area (Å²) in [7, 11) is -2.33. The first-order chi connectivity index (χ1) is 9.97. The van der Waals surface area contributed by atoms with Gasteiger partial charge in [-0.05, 0) is 24.6 Å². The number of aromatic amines is 1. The second-order valence-electron chi connectivity index (χ2n) is 4.51. The minimum atomic E-state index is -3.75. The minimum absolute atomic E-state index is 0.0614. The maximum atomic E-state index is 12.5. The average molecular weight is 310 g/mol. The molecule has 8 heteroatoms. The van der Waals surface area contributed by atoms with Crippen molar-refractivity contribution in [1.82, 2.24) is 14.7 Å². The average Bonchev–Trinajstić information content (AvgIpc) is 3.00. The van der Waals surface area contributed by atoms with E-state index in [0.29, 0.717) is 11.4 Å². The molecule has 0 spiro atoms. The van der Waals surface area contributed by atoms with Crippen molar-refractivity contribution in [3.8, 4) is 5.75 Å². The van der Waals surface area contributed by atoms with Gasteiger partial charge in [-0.15, -0.1) is 0 Å². The van der Waals surface area contributed by atoms with Gasteiger partial charge >= 0.3 is 0 Å². The Labute approximate surface area is 123 Å². The third kappa shape index (κ3) is 3.41. The lowest BCUT2D eigenvalue weighted by atomic mass is 10.2. The van der Waals surface area contributed by atoms with Crippen LogP contribution in [0.1, 0.15) is 24.4 Å². The van der Waals surface area contributed by atoms with Gasteiger partial charge in [0.15, 0.2) is 0 Å². The molecule has 0 aliphatic heterocycles. The molecule has 7 nitrogen and oxygen atoms in total. The molecule has 0 bridgehead atoms. The number of methoxy groups -OCH3 is 1. The molecule has 0 amide bonds. The van der Waals surface area contributed by atoms with Crippen LogP contribution in [0.2, 0.25) is 0 Å². The lowest BCUT2D eigenvalue weighted by molar-refractivity contribution is 0.401. The highest BCUT2D eigenvalue weighted by Gasteiger charge is 2.23. The van der Waals surface area contributed by atoms with Crippen LogP contribution in [0, 0.1) is 0 Å². The van der Waals surface area contributed by atoms with Crippen LogP contribution >= 0.6 is 0 Å². The maximum absolute atomic E-state index is 12.5. The predicted octanol–water partition coefficient (Wildman–Crippen LogP) is 0.916. The van der Waals surface area contributed by atoms with Crippen LogP contribution in [0.3, 0.4) is 0 Å². The van der Waals surface area contributed by atoms with E-state index in [9.17, 15) is 8.42 Å². The summed E-state index contributed by atoms with van der Waals surface area (Å²) in [5, 5.41) is 0. The predicted molar refractivity (Wildman–Crippen MR) is 78.2 cm³/mol. The molecular formula is C13H18N4O3S. The van der Waals surface area contributed by atoms with E-state index in [-0.39, 0.29) is 17.2 Å². The SMILES string of the molecule is COc1ccc(CN)cc1S(=O)(=O)NC(C)c1ncc[nH]1. The first-order valence-electron chi connectivity index (χ1n) is 6.36. The van der Waals surface area contributed by atoms with Crippen molar-refractivity contribution >= 4 is 10.0 Å². The lowest BCUT2D eigenvalue weighted by Crippen LogP contribution is -2.28. The molecule has 2 rings (SSSR count). The molecule has 1 atom stereocenters. The van der Waals surface area contributed by atoms with Crippen LogP contribution in [0.5, 0.6) is 5.75 Å². The highest BCUT2D eigenvalue weighted by molar-refractivity contribution is 7.89. The van der Waals surface area contributed by atoms with Crippen molar-refractivity contribution in [3.05, 3.63) is 42.0 Å². The molecule has 1 unspecified atom stereocenters. The van der Waals surface area contributed by atoms with Crippen LogP contribution in [-0.4, -0.2) is 25.5 Å². The number of hydrogen-bond acceptors (Lipinski definition) is 5.